The second-order valence-corrected chi connectivity index (χ2v) is 4.66. The molecule has 102 valence electrons. The van der Waals surface area contributed by atoms with E-state index in [1.165, 1.54) is 10.6 Å². The van der Waals surface area contributed by atoms with Gasteiger partial charge in [-0.1, -0.05) is 36.5 Å². The summed E-state index contributed by atoms with van der Waals surface area (Å²) in [6, 6.07) is 1.51. The SMILES string of the molecule is CCCc1c(Cl)nc2cc(C(=O)OCC)nn2c1Cl. The van der Waals surface area contributed by atoms with Crippen molar-refractivity contribution in [2.45, 2.75) is 26.7 Å². The number of esters is 1. The minimum atomic E-state index is -0.503. The first-order valence-electron chi connectivity index (χ1n) is 5.99. The molecule has 5 nitrogen and oxygen atoms in total. The highest BCUT2D eigenvalue weighted by Gasteiger charge is 2.17. The third-order valence-electron chi connectivity index (χ3n) is 2.57. The van der Waals surface area contributed by atoms with Gasteiger partial charge in [0.1, 0.15) is 10.3 Å². The molecule has 2 aromatic rings. The maximum absolute atomic E-state index is 11.6. The van der Waals surface area contributed by atoms with Gasteiger partial charge < -0.3 is 4.74 Å². The number of hydrogen-bond donors (Lipinski definition) is 0. The van der Waals surface area contributed by atoms with E-state index in [-0.39, 0.29) is 12.3 Å². The van der Waals surface area contributed by atoms with Gasteiger partial charge in [0.05, 0.1) is 6.61 Å². The van der Waals surface area contributed by atoms with Crippen LogP contribution in [0.1, 0.15) is 36.3 Å². The van der Waals surface area contributed by atoms with E-state index in [9.17, 15) is 4.79 Å². The minimum absolute atomic E-state index is 0.168. The summed E-state index contributed by atoms with van der Waals surface area (Å²) in [7, 11) is 0. The molecule has 0 aliphatic heterocycles. The van der Waals surface area contributed by atoms with Gasteiger partial charge in [0.15, 0.2) is 11.3 Å². The molecule has 2 aromatic heterocycles. The van der Waals surface area contributed by atoms with Gasteiger partial charge in [0.25, 0.3) is 0 Å². The largest absolute Gasteiger partial charge is 0.461 e. The van der Waals surface area contributed by atoms with E-state index in [0.29, 0.717) is 22.4 Å². The molecule has 0 aliphatic rings. The van der Waals surface area contributed by atoms with Crippen molar-refractivity contribution in [3.8, 4) is 0 Å². The number of carbonyl (C=O) groups excluding carboxylic acids is 1. The first-order chi connectivity index (χ1) is 9.08. The molecule has 0 aliphatic carbocycles. The quantitative estimate of drug-likeness (QED) is 0.643. The molecule has 0 atom stereocenters. The van der Waals surface area contributed by atoms with Crippen LogP contribution in [-0.4, -0.2) is 27.2 Å². The molecule has 0 bridgehead atoms. The maximum Gasteiger partial charge on any atom is 0.358 e. The molecule has 19 heavy (non-hydrogen) atoms. The third kappa shape index (κ3) is 2.67. The van der Waals surface area contributed by atoms with Crippen molar-refractivity contribution in [2.75, 3.05) is 6.61 Å². The molecule has 0 N–H and O–H groups in total. The van der Waals surface area contributed by atoms with Crippen LogP contribution in [-0.2, 0) is 11.2 Å². The maximum atomic E-state index is 11.6. The van der Waals surface area contributed by atoms with E-state index in [1.807, 2.05) is 6.92 Å². The van der Waals surface area contributed by atoms with Crippen LogP contribution in [0.15, 0.2) is 6.07 Å². The predicted molar refractivity (Wildman–Crippen MR) is 73.0 cm³/mol. The number of halogens is 2. The fourth-order valence-electron chi connectivity index (χ4n) is 1.74. The molecule has 0 unspecified atom stereocenters. The van der Waals surface area contributed by atoms with Crippen molar-refractivity contribution in [1.82, 2.24) is 14.6 Å². The monoisotopic (exact) mass is 301 g/mol. The summed E-state index contributed by atoms with van der Waals surface area (Å²) in [6.45, 7) is 4.04. The number of nitrogens with zero attached hydrogens (tertiary/aromatic N) is 3. The van der Waals surface area contributed by atoms with E-state index >= 15 is 0 Å². The smallest absolute Gasteiger partial charge is 0.358 e. The number of ether oxygens (including phenoxy) is 1. The highest BCUT2D eigenvalue weighted by atomic mass is 35.5. The lowest BCUT2D eigenvalue weighted by Gasteiger charge is -2.06. The first kappa shape index (κ1) is 14.1. The third-order valence-corrected chi connectivity index (χ3v) is 3.27. The first-order valence-corrected chi connectivity index (χ1v) is 6.74. The van der Waals surface area contributed by atoms with Crippen molar-refractivity contribution in [1.29, 1.82) is 0 Å². The Labute approximate surface area is 120 Å². The van der Waals surface area contributed by atoms with E-state index < -0.39 is 5.97 Å². The Hall–Kier alpha value is -1.33. The van der Waals surface area contributed by atoms with Crippen LogP contribution >= 0.6 is 23.2 Å². The van der Waals surface area contributed by atoms with Crippen molar-refractivity contribution < 1.29 is 9.53 Å². The fourth-order valence-corrected chi connectivity index (χ4v) is 2.36. The lowest BCUT2D eigenvalue weighted by Crippen LogP contribution is -2.06. The van der Waals surface area contributed by atoms with E-state index in [1.54, 1.807) is 6.92 Å². The lowest BCUT2D eigenvalue weighted by molar-refractivity contribution is 0.0519. The van der Waals surface area contributed by atoms with Crippen LogP contribution in [0.5, 0.6) is 0 Å². The Kier molecular flexibility index (Phi) is 4.27. The van der Waals surface area contributed by atoms with Gasteiger partial charge in [-0.3, -0.25) is 0 Å². The Morgan fingerprint density at radius 1 is 1.42 bits per heavy atom. The zero-order chi connectivity index (χ0) is 14.0. The van der Waals surface area contributed by atoms with Crippen LogP contribution in [0.4, 0.5) is 0 Å². The average Bonchev–Trinajstić information content (AvgIpc) is 2.79. The number of aromatic nitrogens is 3. The molecule has 2 rings (SSSR count). The molecule has 0 amide bonds. The number of fused-ring (bicyclic) bond motifs is 1. The average molecular weight is 302 g/mol. The summed E-state index contributed by atoms with van der Waals surface area (Å²) in [5.41, 5.74) is 1.33. The second kappa shape index (κ2) is 5.75. The predicted octanol–water partition coefficient (Wildman–Crippen LogP) is 3.17. The van der Waals surface area contributed by atoms with Crippen molar-refractivity contribution in [3.63, 3.8) is 0 Å². The molecular weight excluding hydrogens is 289 g/mol. The van der Waals surface area contributed by atoms with Gasteiger partial charge in [0, 0.05) is 11.6 Å². The second-order valence-electron chi connectivity index (χ2n) is 3.94. The number of hydrogen-bond acceptors (Lipinski definition) is 4. The van der Waals surface area contributed by atoms with E-state index in [2.05, 4.69) is 10.1 Å². The van der Waals surface area contributed by atoms with Crippen molar-refractivity contribution in [2.24, 2.45) is 0 Å². The van der Waals surface area contributed by atoms with Crippen LogP contribution in [0.2, 0.25) is 10.3 Å². The summed E-state index contributed by atoms with van der Waals surface area (Å²) >= 11 is 12.3. The van der Waals surface area contributed by atoms with Crippen molar-refractivity contribution in [3.05, 3.63) is 27.6 Å². The normalized spacial score (nSPS) is 10.9. The molecule has 0 saturated carbocycles. The summed E-state index contributed by atoms with van der Waals surface area (Å²) in [6.07, 6.45) is 1.59. The Balaban J connectivity index is 2.53. The van der Waals surface area contributed by atoms with Crippen LogP contribution < -0.4 is 0 Å². The fraction of sp³-hybridized carbons (Fsp3) is 0.417. The van der Waals surface area contributed by atoms with Gasteiger partial charge in [-0.2, -0.15) is 5.10 Å². The van der Waals surface area contributed by atoms with Crippen molar-refractivity contribution >= 4 is 34.8 Å². The van der Waals surface area contributed by atoms with Gasteiger partial charge in [0.2, 0.25) is 0 Å². The Morgan fingerprint density at radius 3 is 2.79 bits per heavy atom. The van der Waals surface area contributed by atoms with Gasteiger partial charge >= 0.3 is 5.97 Å². The van der Waals surface area contributed by atoms with E-state index in [4.69, 9.17) is 27.9 Å². The molecular formula is C12H13Cl2N3O2. The number of carbonyl (C=O) groups is 1. The lowest BCUT2D eigenvalue weighted by atomic mass is 10.2. The molecule has 0 radical (unpaired) electrons. The highest BCUT2D eigenvalue weighted by Crippen LogP contribution is 2.25. The van der Waals surface area contributed by atoms with Gasteiger partial charge in [-0.15, -0.1) is 0 Å². The molecule has 0 saturated heterocycles. The Bertz CT molecular complexity index is 625. The number of rotatable bonds is 4. The van der Waals surface area contributed by atoms with Gasteiger partial charge in [-0.25, -0.2) is 14.3 Å². The molecule has 2 heterocycles. The summed E-state index contributed by atoms with van der Waals surface area (Å²) in [4.78, 5) is 15.8. The Morgan fingerprint density at radius 2 is 2.16 bits per heavy atom. The molecule has 0 spiro atoms. The zero-order valence-corrected chi connectivity index (χ0v) is 12.1. The molecule has 0 aromatic carbocycles. The highest BCUT2D eigenvalue weighted by molar-refractivity contribution is 6.34. The van der Waals surface area contributed by atoms with Gasteiger partial charge in [-0.05, 0) is 13.3 Å². The van der Waals surface area contributed by atoms with Crippen LogP contribution in [0.3, 0.4) is 0 Å². The topological polar surface area (TPSA) is 56.5 Å². The summed E-state index contributed by atoms with van der Waals surface area (Å²) < 4.78 is 6.29. The van der Waals surface area contributed by atoms with Crippen LogP contribution in [0.25, 0.3) is 5.65 Å². The standard InChI is InChI=1S/C12H13Cl2N3O2/c1-3-5-7-10(13)15-9-6-8(12(18)19-4-2)16-17(9)11(7)14/h6H,3-5H2,1-2H3. The summed E-state index contributed by atoms with van der Waals surface area (Å²) in [5.74, 6) is -0.503. The van der Waals surface area contributed by atoms with Crippen LogP contribution in [0, 0.1) is 0 Å². The minimum Gasteiger partial charge on any atom is -0.461 e. The molecule has 7 heteroatoms. The zero-order valence-electron chi connectivity index (χ0n) is 10.6. The summed E-state index contributed by atoms with van der Waals surface area (Å²) in [5, 5.41) is 4.83. The molecule has 0 fully saturated rings. The van der Waals surface area contributed by atoms with E-state index in [0.717, 1.165) is 12.0 Å².